The predicted octanol–water partition coefficient (Wildman–Crippen LogP) is 3.48. The van der Waals surface area contributed by atoms with Gasteiger partial charge in [-0.2, -0.15) is 0 Å². The summed E-state index contributed by atoms with van der Waals surface area (Å²) >= 11 is 1.63. The van der Waals surface area contributed by atoms with Crippen molar-refractivity contribution in [3.63, 3.8) is 0 Å². The zero-order chi connectivity index (χ0) is 13.0. The van der Waals surface area contributed by atoms with Gasteiger partial charge in [-0.05, 0) is 31.2 Å². The number of ether oxygens (including phenoxy) is 1. The Bertz CT molecular complexity index is 569. The molecule has 0 radical (unpaired) electrons. The number of rotatable bonds is 5. The van der Waals surface area contributed by atoms with Crippen molar-refractivity contribution in [3.8, 4) is 5.75 Å². The van der Waals surface area contributed by atoms with E-state index in [-0.39, 0.29) is 0 Å². The first-order valence-electron chi connectivity index (χ1n) is 5.78. The van der Waals surface area contributed by atoms with E-state index in [4.69, 9.17) is 4.74 Å². The van der Waals surface area contributed by atoms with Crippen molar-refractivity contribution < 1.29 is 4.74 Å². The van der Waals surface area contributed by atoms with Gasteiger partial charge < -0.3 is 4.74 Å². The maximum atomic E-state index is 5.20. The second-order valence-electron chi connectivity index (χ2n) is 3.86. The molecule has 3 nitrogen and oxygen atoms in total. The van der Waals surface area contributed by atoms with E-state index in [1.165, 1.54) is 0 Å². The molecule has 0 unspecified atom stereocenters. The van der Waals surface area contributed by atoms with Gasteiger partial charge in [-0.3, -0.25) is 0 Å². The first kappa shape index (κ1) is 12.9. The Morgan fingerprint density at radius 3 is 2.83 bits per heavy atom. The van der Waals surface area contributed by atoms with E-state index < -0.39 is 0 Å². The summed E-state index contributed by atoms with van der Waals surface area (Å²) in [6, 6.07) is 5.77. The quantitative estimate of drug-likeness (QED) is 0.609. The summed E-state index contributed by atoms with van der Waals surface area (Å²) in [5.41, 5.74) is 2.83. The molecule has 1 aromatic carbocycles. The minimum Gasteiger partial charge on any atom is -0.497 e. The Morgan fingerprint density at radius 2 is 2.17 bits per heavy atom. The summed E-state index contributed by atoms with van der Waals surface area (Å²) in [6.07, 6.45) is 5.73. The highest BCUT2D eigenvalue weighted by Gasteiger charge is 2.08. The van der Waals surface area contributed by atoms with Gasteiger partial charge in [0.15, 0.2) is 0 Å². The maximum Gasteiger partial charge on any atom is 0.121 e. The molecule has 0 spiro atoms. The van der Waals surface area contributed by atoms with Gasteiger partial charge in [0, 0.05) is 6.07 Å². The highest BCUT2D eigenvalue weighted by Crippen LogP contribution is 2.24. The summed E-state index contributed by atoms with van der Waals surface area (Å²) in [7, 11) is 1.66. The Labute approximate surface area is 111 Å². The topological polar surface area (TPSA) is 35.0 Å². The monoisotopic (exact) mass is 260 g/mol. The predicted molar refractivity (Wildman–Crippen MR) is 76.4 cm³/mol. The van der Waals surface area contributed by atoms with Crippen LogP contribution in [-0.4, -0.2) is 23.3 Å². The maximum absolute atomic E-state index is 5.20. The number of aryl methyl sites for hydroxylation is 1. The van der Waals surface area contributed by atoms with Crippen LogP contribution < -0.4 is 4.74 Å². The van der Waals surface area contributed by atoms with Gasteiger partial charge in [0.1, 0.15) is 10.8 Å². The molecule has 18 heavy (non-hydrogen) atoms. The van der Waals surface area contributed by atoms with Crippen LogP contribution in [-0.2, 0) is 6.42 Å². The van der Waals surface area contributed by atoms with Gasteiger partial charge in [0.05, 0.1) is 23.8 Å². The number of hydrogen-bond donors (Lipinski definition) is 0. The molecule has 0 saturated carbocycles. The Kier molecular flexibility index (Phi) is 4.20. The van der Waals surface area contributed by atoms with Crippen LogP contribution in [0.1, 0.15) is 12.1 Å². The van der Waals surface area contributed by atoms with Crippen LogP contribution in [0.4, 0.5) is 0 Å². The van der Waals surface area contributed by atoms with Crippen molar-refractivity contribution in [1.82, 2.24) is 9.97 Å². The van der Waals surface area contributed by atoms with Gasteiger partial charge in [0.2, 0.25) is 0 Å². The van der Waals surface area contributed by atoms with Crippen molar-refractivity contribution in [2.75, 3.05) is 13.4 Å². The molecule has 0 N–H and O–H groups in total. The normalized spacial score (nSPS) is 10.6. The average molecular weight is 260 g/mol. The van der Waals surface area contributed by atoms with Gasteiger partial charge in [0.25, 0.3) is 0 Å². The molecule has 0 aliphatic rings. The molecule has 0 atom stereocenters. The smallest absolute Gasteiger partial charge is 0.121 e. The van der Waals surface area contributed by atoms with Crippen LogP contribution in [0.2, 0.25) is 0 Å². The molecule has 2 rings (SSSR count). The van der Waals surface area contributed by atoms with Crippen LogP contribution in [0.3, 0.4) is 0 Å². The van der Waals surface area contributed by atoms with E-state index in [1.807, 2.05) is 30.5 Å². The molecule has 0 aliphatic heterocycles. The minimum absolute atomic E-state index is 0.808. The Morgan fingerprint density at radius 1 is 1.33 bits per heavy atom. The third kappa shape index (κ3) is 2.64. The number of nitrogens with zero attached hydrogens (tertiary/aromatic N) is 2. The number of hydrogen-bond acceptors (Lipinski definition) is 4. The number of allylic oxidation sites excluding steroid dienone is 1. The molecule has 1 heterocycles. The Balaban J connectivity index is 2.49. The summed E-state index contributed by atoms with van der Waals surface area (Å²) in [6.45, 7) is 3.74. The molecule has 0 bridgehead atoms. The fourth-order valence-electron chi connectivity index (χ4n) is 1.75. The zero-order valence-electron chi connectivity index (χ0n) is 10.6. The lowest BCUT2D eigenvalue weighted by Gasteiger charge is -2.08. The molecule has 0 fully saturated rings. The molecule has 0 amide bonds. The van der Waals surface area contributed by atoms with Crippen LogP contribution in [0.15, 0.2) is 35.9 Å². The SMILES string of the molecule is C=CCCc1nc2ccc(OC)cc2nc1SC. The van der Waals surface area contributed by atoms with Gasteiger partial charge in [-0.25, -0.2) is 9.97 Å². The van der Waals surface area contributed by atoms with Gasteiger partial charge in [-0.1, -0.05) is 6.08 Å². The van der Waals surface area contributed by atoms with Crippen LogP contribution in [0.5, 0.6) is 5.75 Å². The lowest BCUT2D eigenvalue weighted by Crippen LogP contribution is -1.98. The third-order valence-corrected chi connectivity index (χ3v) is 3.40. The van der Waals surface area contributed by atoms with Crippen molar-refractivity contribution >= 4 is 22.8 Å². The van der Waals surface area contributed by atoms with Crippen molar-refractivity contribution in [2.24, 2.45) is 0 Å². The lowest BCUT2D eigenvalue weighted by molar-refractivity contribution is 0.415. The second kappa shape index (κ2) is 5.87. The van der Waals surface area contributed by atoms with Gasteiger partial charge in [-0.15, -0.1) is 18.3 Å². The number of aromatic nitrogens is 2. The first-order chi connectivity index (χ1) is 8.78. The fraction of sp³-hybridized carbons (Fsp3) is 0.286. The lowest BCUT2D eigenvalue weighted by atomic mass is 10.2. The van der Waals surface area contributed by atoms with Crippen LogP contribution >= 0.6 is 11.8 Å². The van der Waals surface area contributed by atoms with Gasteiger partial charge >= 0.3 is 0 Å². The van der Waals surface area contributed by atoms with E-state index >= 15 is 0 Å². The summed E-state index contributed by atoms with van der Waals surface area (Å²) in [5, 5.41) is 0.984. The molecule has 0 saturated heterocycles. The van der Waals surface area contributed by atoms with E-state index in [1.54, 1.807) is 18.9 Å². The van der Waals surface area contributed by atoms with E-state index in [9.17, 15) is 0 Å². The van der Waals surface area contributed by atoms with Crippen LogP contribution in [0.25, 0.3) is 11.0 Å². The fourth-order valence-corrected chi connectivity index (χ4v) is 2.32. The van der Waals surface area contributed by atoms with E-state index in [0.717, 1.165) is 40.3 Å². The molecule has 2 aromatic rings. The summed E-state index contributed by atoms with van der Waals surface area (Å²) < 4.78 is 5.20. The molecular weight excluding hydrogens is 244 g/mol. The molecule has 94 valence electrons. The van der Waals surface area contributed by atoms with E-state index in [2.05, 4.69) is 16.5 Å². The van der Waals surface area contributed by atoms with E-state index in [0.29, 0.717) is 0 Å². The third-order valence-electron chi connectivity index (χ3n) is 2.69. The number of methoxy groups -OCH3 is 1. The number of fused-ring (bicyclic) bond motifs is 1. The average Bonchev–Trinajstić information content (AvgIpc) is 2.43. The van der Waals surface area contributed by atoms with Crippen molar-refractivity contribution in [3.05, 3.63) is 36.5 Å². The zero-order valence-corrected chi connectivity index (χ0v) is 11.5. The number of benzene rings is 1. The minimum atomic E-state index is 0.808. The highest BCUT2D eigenvalue weighted by molar-refractivity contribution is 7.98. The number of thioether (sulfide) groups is 1. The first-order valence-corrected chi connectivity index (χ1v) is 7.00. The molecule has 4 heteroatoms. The van der Waals surface area contributed by atoms with Crippen molar-refractivity contribution in [1.29, 1.82) is 0 Å². The van der Waals surface area contributed by atoms with Crippen LogP contribution in [0, 0.1) is 0 Å². The van der Waals surface area contributed by atoms with Crippen molar-refractivity contribution in [2.45, 2.75) is 17.9 Å². The standard InChI is InChI=1S/C14H16N2OS/c1-4-5-6-12-14(18-3)16-13-9-10(17-2)7-8-11(13)15-12/h4,7-9H,1,5-6H2,2-3H3. The largest absolute Gasteiger partial charge is 0.497 e. The Hall–Kier alpha value is -1.55. The highest BCUT2D eigenvalue weighted by atomic mass is 32.2. The molecule has 1 aromatic heterocycles. The summed E-state index contributed by atoms with van der Waals surface area (Å²) in [4.78, 5) is 9.31. The molecular formula is C14H16N2OS. The second-order valence-corrected chi connectivity index (χ2v) is 4.66. The molecule has 0 aliphatic carbocycles. The summed E-state index contributed by atoms with van der Waals surface area (Å²) in [5.74, 6) is 0.808.